The van der Waals surface area contributed by atoms with Crippen molar-refractivity contribution in [2.45, 2.75) is 26.9 Å². The Bertz CT molecular complexity index is 801. The quantitative estimate of drug-likeness (QED) is 0.601. The molecule has 3 aromatic rings. The number of halogens is 1. The van der Waals surface area contributed by atoms with E-state index in [2.05, 4.69) is 16.3 Å². The third-order valence-corrected chi connectivity index (χ3v) is 5.14. The van der Waals surface area contributed by atoms with Crippen molar-refractivity contribution in [3.8, 4) is 0 Å². The fraction of sp³-hybridized carbons (Fsp3) is 0.250. The molecule has 0 fully saturated rings. The van der Waals surface area contributed by atoms with E-state index in [1.54, 1.807) is 17.6 Å². The van der Waals surface area contributed by atoms with Gasteiger partial charge >= 0.3 is 0 Å². The SMILES string of the molecule is Cc1cc(C)c(NC(=O)CN(Cc2ccco2)Cc2cccs2)c(Cl)c1. The molecule has 1 N–H and O–H groups in total. The number of carbonyl (C=O) groups excluding carboxylic acids is 1. The average Bonchev–Trinajstić information content (AvgIpc) is 3.24. The molecule has 0 saturated carbocycles. The Morgan fingerprint density at radius 1 is 1.23 bits per heavy atom. The van der Waals surface area contributed by atoms with Crippen LogP contribution in [-0.2, 0) is 17.9 Å². The van der Waals surface area contributed by atoms with Crippen LogP contribution in [0.25, 0.3) is 0 Å². The van der Waals surface area contributed by atoms with Gasteiger partial charge in [-0.2, -0.15) is 0 Å². The van der Waals surface area contributed by atoms with Crippen molar-refractivity contribution in [3.05, 3.63) is 74.8 Å². The van der Waals surface area contributed by atoms with E-state index in [9.17, 15) is 4.79 Å². The summed E-state index contributed by atoms with van der Waals surface area (Å²) >= 11 is 7.98. The summed E-state index contributed by atoms with van der Waals surface area (Å²) in [6.07, 6.45) is 1.65. The summed E-state index contributed by atoms with van der Waals surface area (Å²) in [5, 5.41) is 5.56. The summed E-state index contributed by atoms with van der Waals surface area (Å²) in [5.74, 6) is 0.737. The lowest BCUT2D eigenvalue weighted by molar-refractivity contribution is -0.117. The second kappa shape index (κ2) is 8.54. The Balaban J connectivity index is 1.70. The zero-order valence-corrected chi connectivity index (χ0v) is 16.4. The van der Waals surface area contributed by atoms with E-state index < -0.39 is 0 Å². The van der Waals surface area contributed by atoms with Crippen LogP contribution in [0, 0.1) is 13.8 Å². The highest BCUT2D eigenvalue weighted by Crippen LogP contribution is 2.27. The summed E-state index contributed by atoms with van der Waals surface area (Å²) in [5.41, 5.74) is 2.71. The van der Waals surface area contributed by atoms with Crippen LogP contribution in [0.5, 0.6) is 0 Å². The van der Waals surface area contributed by atoms with Crippen molar-refractivity contribution in [3.63, 3.8) is 0 Å². The van der Waals surface area contributed by atoms with Gasteiger partial charge in [0.1, 0.15) is 5.76 Å². The molecule has 2 aromatic heterocycles. The van der Waals surface area contributed by atoms with E-state index in [1.807, 2.05) is 49.6 Å². The molecule has 0 aliphatic carbocycles. The summed E-state index contributed by atoms with van der Waals surface area (Å²) in [6, 6.07) is 11.7. The highest BCUT2D eigenvalue weighted by molar-refractivity contribution is 7.09. The number of hydrogen-bond donors (Lipinski definition) is 1. The van der Waals surface area contributed by atoms with Gasteiger partial charge in [0.15, 0.2) is 0 Å². The number of rotatable bonds is 7. The van der Waals surface area contributed by atoms with Gasteiger partial charge in [0.05, 0.1) is 30.1 Å². The number of hydrogen-bond acceptors (Lipinski definition) is 4. The van der Waals surface area contributed by atoms with Crippen molar-refractivity contribution in [2.75, 3.05) is 11.9 Å². The molecule has 0 aliphatic rings. The van der Waals surface area contributed by atoms with Gasteiger partial charge in [-0.1, -0.05) is 23.7 Å². The van der Waals surface area contributed by atoms with Crippen LogP contribution in [0.15, 0.2) is 52.5 Å². The van der Waals surface area contributed by atoms with Crippen LogP contribution >= 0.6 is 22.9 Å². The first-order valence-corrected chi connectivity index (χ1v) is 9.61. The van der Waals surface area contributed by atoms with Crippen molar-refractivity contribution in [2.24, 2.45) is 0 Å². The molecule has 1 amide bonds. The highest BCUT2D eigenvalue weighted by Gasteiger charge is 2.16. The van der Waals surface area contributed by atoms with E-state index in [4.69, 9.17) is 16.0 Å². The largest absolute Gasteiger partial charge is 0.468 e. The van der Waals surface area contributed by atoms with Gasteiger partial charge in [-0.15, -0.1) is 11.3 Å². The molecule has 1 aromatic carbocycles. The second-order valence-corrected chi connectivity index (χ2v) is 7.73. The summed E-state index contributed by atoms with van der Waals surface area (Å²) in [7, 11) is 0. The van der Waals surface area contributed by atoms with E-state index in [1.165, 1.54) is 4.88 Å². The maximum Gasteiger partial charge on any atom is 0.238 e. The number of benzene rings is 1. The fourth-order valence-electron chi connectivity index (χ4n) is 2.87. The molecular weight excluding hydrogens is 368 g/mol. The minimum Gasteiger partial charge on any atom is -0.468 e. The zero-order chi connectivity index (χ0) is 18.5. The number of thiophene rings is 1. The minimum absolute atomic E-state index is 0.0954. The summed E-state index contributed by atoms with van der Waals surface area (Å²) in [4.78, 5) is 15.9. The first-order chi connectivity index (χ1) is 12.5. The number of nitrogens with zero attached hydrogens (tertiary/aromatic N) is 1. The molecule has 0 aliphatic heterocycles. The summed E-state index contributed by atoms with van der Waals surface area (Å²) in [6.45, 7) is 5.44. The van der Waals surface area contributed by atoms with Gasteiger partial charge in [0.25, 0.3) is 0 Å². The van der Waals surface area contributed by atoms with Gasteiger partial charge in [0, 0.05) is 11.4 Å². The number of anilines is 1. The van der Waals surface area contributed by atoms with E-state index in [0.717, 1.165) is 16.9 Å². The lowest BCUT2D eigenvalue weighted by Crippen LogP contribution is -2.32. The molecule has 4 nitrogen and oxygen atoms in total. The van der Waals surface area contributed by atoms with Crippen LogP contribution in [-0.4, -0.2) is 17.4 Å². The number of aryl methyl sites for hydroxylation is 2. The number of nitrogens with one attached hydrogen (secondary N) is 1. The van der Waals surface area contributed by atoms with Crippen LogP contribution in [0.1, 0.15) is 21.8 Å². The van der Waals surface area contributed by atoms with Gasteiger partial charge in [0.2, 0.25) is 5.91 Å². The van der Waals surface area contributed by atoms with Gasteiger partial charge < -0.3 is 9.73 Å². The predicted octanol–water partition coefficient (Wildman–Crippen LogP) is 5.25. The maximum atomic E-state index is 12.6. The van der Waals surface area contributed by atoms with Gasteiger partial charge in [-0.25, -0.2) is 0 Å². The molecule has 0 bridgehead atoms. The summed E-state index contributed by atoms with van der Waals surface area (Å²) < 4.78 is 5.44. The molecule has 136 valence electrons. The van der Waals surface area contributed by atoms with Crippen molar-refractivity contribution in [1.82, 2.24) is 4.90 Å². The Labute approximate surface area is 162 Å². The topological polar surface area (TPSA) is 45.5 Å². The van der Waals surface area contributed by atoms with Crippen LogP contribution < -0.4 is 5.32 Å². The Morgan fingerprint density at radius 3 is 2.73 bits per heavy atom. The van der Waals surface area contributed by atoms with Crippen LogP contribution in [0.4, 0.5) is 5.69 Å². The average molecular weight is 389 g/mol. The first-order valence-electron chi connectivity index (χ1n) is 8.35. The lowest BCUT2D eigenvalue weighted by atomic mass is 10.1. The smallest absolute Gasteiger partial charge is 0.238 e. The van der Waals surface area contributed by atoms with E-state index >= 15 is 0 Å². The Hall–Kier alpha value is -2.08. The molecule has 26 heavy (non-hydrogen) atoms. The normalized spacial score (nSPS) is 11.1. The van der Waals surface area contributed by atoms with Crippen molar-refractivity contribution >= 4 is 34.5 Å². The predicted molar refractivity (Wildman–Crippen MR) is 107 cm³/mol. The first kappa shape index (κ1) is 18.7. The van der Waals surface area contributed by atoms with E-state index in [0.29, 0.717) is 23.8 Å². The Morgan fingerprint density at radius 2 is 2.08 bits per heavy atom. The Kier molecular flexibility index (Phi) is 6.14. The van der Waals surface area contributed by atoms with Crippen LogP contribution in [0.3, 0.4) is 0 Å². The molecule has 0 atom stereocenters. The fourth-order valence-corrected chi connectivity index (χ4v) is 3.98. The van der Waals surface area contributed by atoms with Gasteiger partial charge in [-0.05, 0) is 54.6 Å². The molecule has 2 heterocycles. The van der Waals surface area contributed by atoms with Crippen molar-refractivity contribution < 1.29 is 9.21 Å². The molecule has 0 unspecified atom stereocenters. The number of furan rings is 1. The number of amides is 1. The lowest BCUT2D eigenvalue weighted by Gasteiger charge is -2.21. The second-order valence-electron chi connectivity index (χ2n) is 6.29. The van der Waals surface area contributed by atoms with Crippen LogP contribution in [0.2, 0.25) is 5.02 Å². The standard InChI is InChI=1S/C20H21ClN2O2S/c1-14-9-15(2)20(18(21)10-14)22-19(24)13-23(11-16-5-3-7-25-16)12-17-6-4-8-26-17/h3-10H,11-13H2,1-2H3,(H,22,24). The molecule has 0 spiro atoms. The monoisotopic (exact) mass is 388 g/mol. The zero-order valence-electron chi connectivity index (χ0n) is 14.8. The van der Waals surface area contributed by atoms with Crippen molar-refractivity contribution in [1.29, 1.82) is 0 Å². The molecule has 6 heteroatoms. The maximum absolute atomic E-state index is 12.6. The minimum atomic E-state index is -0.0954. The van der Waals surface area contributed by atoms with E-state index in [-0.39, 0.29) is 12.5 Å². The molecule has 3 rings (SSSR count). The van der Waals surface area contributed by atoms with Gasteiger partial charge in [-0.3, -0.25) is 9.69 Å². The third kappa shape index (κ3) is 4.97. The molecule has 0 radical (unpaired) electrons. The third-order valence-electron chi connectivity index (χ3n) is 3.98. The molecular formula is C20H21ClN2O2S. The highest BCUT2D eigenvalue weighted by atomic mass is 35.5. The number of carbonyl (C=O) groups is 1. The molecule has 0 saturated heterocycles.